The molecule has 0 aliphatic carbocycles. The van der Waals surface area contributed by atoms with Crippen molar-refractivity contribution < 1.29 is 4.74 Å². The molecule has 0 saturated carbocycles. The Balaban J connectivity index is 2.15. The van der Waals surface area contributed by atoms with Crippen LogP contribution in [0.5, 0.6) is 5.75 Å². The number of nitrogens with two attached hydrogens (primary N) is 1. The third-order valence-corrected chi connectivity index (χ3v) is 2.88. The smallest absolute Gasteiger partial charge is 0.139 e. The summed E-state index contributed by atoms with van der Waals surface area (Å²) in [6.07, 6.45) is 3.52. The molecule has 4 nitrogen and oxygen atoms in total. The van der Waals surface area contributed by atoms with E-state index in [0.717, 1.165) is 15.8 Å². The summed E-state index contributed by atoms with van der Waals surface area (Å²) in [5, 5.41) is 4.12. The average Bonchev–Trinajstić information content (AvgIpc) is 2.73. The molecular weight excluding hydrogens is 282 g/mol. The van der Waals surface area contributed by atoms with Crippen LogP contribution in [0.15, 0.2) is 41.1 Å². The molecule has 0 amide bonds. The van der Waals surface area contributed by atoms with Crippen molar-refractivity contribution >= 4 is 15.9 Å². The summed E-state index contributed by atoms with van der Waals surface area (Å²) < 4.78 is 8.56. The van der Waals surface area contributed by atoms with Crippen LogP contribution >= 0.6 is 15.9 Å². The zero-order chi connectivity index (χ0) is 12.3. The average molecular weight is 296 g/mol. The van der Waals surface area contributed by atoms with Gasteiger partial charge in [-0.3, -0.25) is 4.68 Å². The van der Waals surface area contributed by atoms with Gasteiger partial charge in [0, 0.05) is 29.8 Å². The van der Waals surface area contributed by atoms with Gasteiger partial charge in [-0.05, 0) is 18.2 Å². The maximum Gasteiger partial charge on any atom is 0.139 e. The van der Waals surface area contributed by atoms with Gasteiger partial charge in [0.2, 0.25) is 0 Å². The SMILES string of the molecule is Cn1cc(C(CN)Oc2cccc(Br)c2)cn1. The molecule has 17 heavy (non-hydrogen) atoms. The van der Waals surface area contributed by atoms with E-state index in [-0.39, 0.29) is 6.10 Å². The molecule has 0 aliphatic rings. The maximum absolute atomic E-state index is 5.84. The second-order valence-electron chi connectivity index (χ2n) is 3.75. The number of ether oxygens (including phenoxy) is 1. The van der Waals surface area contributed by atoms with Crippen molar-refractivity contribution in [2.75, 3.05) is 6.54 Å². The largest absolute Gasteiger partial charge is 0.484 e. The highest BCUT2D eigenvalue weighted by atomic mass is 79.9. The lowest BCUT2D eigenvalue weighted by atomic mass is 10.2. The molecule has 2 N–H and O–H groups in total. The predicted molar refractivity (Wildman–Crippen MR) is 69.8 cm³/mol. The van der Waals surface area contributed by atoms with Crippen LogP contribution in [0.3, 0.4) is 0 Å². The van der Waals surface area contributed by atoms with Crippen molar-refractivity contribution in [1.82, 2.24) is 9.78 Å². The van der Waals surface area contributed by atoms with Crippen molar-refractivity contribution in [3.8, 4) is 5.75 Å². The topological polar surface area (TPSA) is 53.1 Å². The van der Waals surface area contributed by atoms with Crippen LogP contribution in [0.1, 0.15) is 11.7 Å². The van der Waals surface area contributed by atoms with Crippen LogP contribution in [0.25, 0.3) is 0 Å². The standard InChI is InChI=1S/C12H14BrN3O/c1-16-8-9(7-15-16)12(6-14)17-11-4-2-3-10(13)5-11/h2-5,7-8,12H,6,14H2,1H3. The predicted octanol–water partition coefficient (Wildman–Crippen LogP) is 2.26. The minimum Gasteiger partial charge on any atom is -0.484 e. The first kappa shape index (κ1) is 12.1. The van der Waals surface area contributed by atoms with Gasteiger partial charge in [-0.15, -0.1) is 0 Å². The van der Waals surface area contributed by atoms with Crippen LogP contribution in [-0.2, 0) is 7.05 Å². The number of rotatable bonds is 4. The van der Waals surface area contributed by atoms with Gasteiger partial charge in [0.15, 0.2) is 0 Å². The Hall–Kier alpha value is -1.33. The van der Waals surface area contributed by atoms with Gasteiger partial charge in [0.25, 0.3) is 0 Å². The van der Waals surface area contributed by atoms with Crippen LogP contribution < -0.4 is 10.5 Å². The summed E-state index contributed by atoms with van der Waals surface area (Å²) in [5.41, 5.74) is 6.71. The molecule has 0 saturated heterocycles. The van der Waals surface area contributed by atoms with Crippen molar-refractivity contribution in [2.24, 2.45) is 12.8 Å². The van der Waals surface area contributed by atoms with E-state index in [0.29, 0.717) is 6.54 Å². The highest BCUT2D eigenvalue weighted by Crippen LogP contribution is 2.23. The van der Waals surface area contributed by atoms with Crippen molar-refractivity contribution in [1.29, 1.82) is 0 Å². The highest BCUT2D eigenvalue weighted by molar-refractivity contribution is 9.10. The fourth-order valence-electron chi connectivity index (χ4n) is 1.56. The number of hydrogen-bond acceptors (Lipinski definition) is 3. The van der Waals surface area contributed by atoms with Crippen molar-refractivity contribution in [2.45, 2.75) is 6.10 Å². The first-order valence-corrected chi connectivity index (χ1v) is 6.09. The van der Waals surface area contributed by atoms with Crippen molar-refractivity contribution in [3.63, 3.8) is 0 Å². The number of aromatic nitrogens is 2. The molecule has 1 unspecified atom stereocenters. The monoisotopic (exact) mass is 295 g/mol. The molecule has 1 atom stereocenters. The normalized spacial score (nSPS) is 12.4. The quantitative estimate of drug-likeness (QED) is 0.941. The maximum atomic E-state index is 5.84. The number of aryl methyl sites for hydroxylation is 1. The van der Waals surface area contributed by atoms with E-state index in [4.69, 9.17) is 10.5 Å². The number of hydrogen-bond donors (Lipinski definition) is 1. The zero-order valence-corrected chi connectivity index (χ0v) is 11.1. The molecule has 0 spiro atoms. The first-order chi connectivity index (χ1) is 8.19. The Morgan fingerprint density at radius 3 is 2.94 bits per heavy atom. The third-order valence-electron chi connectivity index (χ3n) is 2.39. The molecule has 1 aromatic carbocycles. The first-order valence-electron chi connectivity index (χ1n) is 5.30. The van der Waals surface area contributed by atoms with Gasteiger partial charge >= 0.3 is 0 Å². The minimum atomic E-state index is -0.169. The molecule has 1 heterocycles. The molecule has 0 fully saturated rings. The summed E-state index contributed by atoms with van der Waals surface area (Å²) >= 11 is 3.41. The van der Waals surface area contributed by atoms with E-state index in [1.807, 2.05) is 37.5 Å². The second-order valence-corrected chi connectivity index (χ2v) is 4.66. The minimum absolute atomic E-state index is 0.169. The zero-order valence-electron chi connectivity index (χ0n) is 9.51. The fourth-order valence-corrected chi connectivity index (χ4v) is 1.94. The molecule has 2 aromatic rings. The summed E-state index contributed by atoms with van der Waals surface area (Å²) in [6.45, 7) is 0.415. The van der Waals surface area contributed by atoms with Gasteiger partial charge in [0.1, 0.15) is 11.9 Å². The Morgan fingerprint density at radius 1 is 1.53 bits per heavy atom. The number of halogens is 1. The van der Waals surface area contributed by atoms with E-state index in [9.17, 15) is 0 Å². The second kappa shape index (κ2) is 5.33. The molecule has 5 heteroatoms. The summed E-state index contributed by atoms with van der Waals surface area (Å²) in [4.78, 5) is 0. The fraction of sp³-hybridized carbons (Fsp3) is 0.250. The summed E-state index contributed by atoms with van der Waals surface area (Å²) in [7, 11) is 1.87. The highest BCUT2D eigenvalue weighted by Gasteiger charge is 2.13. The van der Waals surface area contributed by atoms with Gasteiger partial charge in [-0.25, -0.2) is 0 Å². The van der Waals surface area contributed by atoms with Crippen LogP contribution in [0.2, 0.25) is 0 Å². The Morgan fingerprint density at radius 2 is 2.35 bits per heavy atom. The van der Waals surface area contributed by atoms with Crippen molar-refractivity contribution in [3.05, 3.63) is 46.7 Å². The van der Waals surface area contributed by atoms with E-state index in [2.05, 4.69) is 21.0 Å². The van der Waals surface area contributed by atoms with E-state index in [1.54, 1.807) is 10.9 Å². The molecular formula is C12H14BrN3O. The summed E-state index contributed by atoms with van der Waals surface area (Å²) in [5.74, 6) is 0.790. The lowest BCUT2D eigenvalue weighted by Crippen LogP contribution is -2.18. The van der Waals surface area contributed by atoms with Crippen LogP contribution in [-0.4, -0.2) is 16.3 Å². The Bertz CT molecular complexity index is 498. The molecule has 0 radical (unpaired) electrons. The van der Waals surface area contributed by atoms with Crippen LogP contribution in [0, 0.1) is 0 Å². The summed E-state index contributed by atoms with van der Waals surface area (Å²) in [6, 6.07) is 7.70. The lowest BCUT2D eigenvalue weighted by molar-refractivity contribution is 0.214. The van der Waals surface area contributed by atoms with Gasteiger partial charge in [-0.1, -0.05) is 22.0 Å². The third kappa shape index (κ3) is 3.08. The Labute approximate surface area is 109 Å². The van der Waals surface area contributed by atoms with E-state index < -0.39 is 0 Å². The van der Waals surface area contributed by atoms with Gasteiger partial charge in [-0.2, -0.15) is 5.10 Å². The molecule has 2 rings (SSSR count). The molecule has 1 aromatic heterocycles. The molecule has 0 aliphatic heterocycles. The molecule has 90 valence electrons. The van der Waals surface area contributed by atoms with E-state index >= 15 is 0 Å². The van der Waals surface area contributed by atoms with Gasteiger partial charge in [0.05, 0.1) is 6.20 Å². The lowest BCUT2D eigenvalue weighted by Gasteiger charge is -2.16. The van der Waals surface area contributed by atoms with E-state index in [1.165, 1.54) is 0 Å². The molecule has 0 bridgehead atoms. The Kier molecular flexibility index (Phi) is 3.81. The number of nitrogens with zero attached hydrogens (tertiary/aromatic N) is 2. The van der Waals surface area contributed by atoms with Gasteiger partial charge < -0.3 is 10.5 Å². The van der Waals surface area contributed by atoms with Crippen LogP contribution in [0.4, 0.5) is 0 Å². The number of benzene rings is 1.